The molecule has 1 amide bonds. The molecule has 4 nitrogen and oxygen atoms in total. The average Bonchev–Trinajstić information content (AvgIpc) is 2.36. The van der Waals surface area contributed by atoms with Gasteiger partial charge in [-0.1, -0.05) is 6.92 Å². The van der Waals surface area contributed by atoms with Crippen LogP contribution in [0.3, 0.4) is 0 Å². The lowest BCUT2D eigenvalue weighted by Crippen LogP contribution is -2.28. The Morgan fingerprint density at radius 3 is 2.89 bits per heavy atom. The Hall–Kier alpha value is -1.62. The topological polar surface area (TPSA) is 61.4 Å². The number of phenols is 1. The second-order valence-electron chi connectivity index (χ2n) is 4.05. The van der Waals surface area contributed by atoms with E-state index < -0.39 is 0 Å². The third kappa shape index (κ3) is 5.14. The minimum Gasteiger partial charge on any atom is -0.508 e. The van der Waals surface area contributed by atoms with Gasteiger partial charge in [0.1, 0.15) is 11.6 Å². The molecular formula is C13H19FN2O2. The van der Waals surface area contributed by atoms with Gasteiger partial charge >= 0.3 is 0 Å². The molecule has 0 aromatic heterocycles. The van der Waals surface area contributed by atoms with E-state index in [1.54, 1.807) is 0 Å². The Morgan fingerprint density at radius 1 is 1.39 bits per heavy atom. The van der Waals surface area contributed by atoms with Crippen molar-refractivity contribution in [2.75, 3.05) is 13.1 Å². The van der Waals surface area contributed by atoms with Crippen molar-refractivity contribution in [3.05, 3.63) is 29.6 Å². The fraction of sp³-hybridized carbons (Fsp3) is 0.462. The van der Waals surface area contributed by atoms with Gasteiger partial charge in [-0.05, 0) is 24.6 Å². The Morgan fingerprint density at radius 2 is 2.17 bits per heavy atom. The van der Waals surface area contributed by atoms with Crippen molar-refractivity contribution in [2.24, 2.45) is 0 Å². The number of benzene rings is 1. The number of rotatable bonds is 7. The number of phenolic OH excluding ortho intramolecular Hbond substituents is 1. The van der Waals surface area contributed by atoms with Gasteiger partial charge in [0.25, 0.3) is 0 Å². The van der Waals surface area contributed by atoms with Gasteiger partial charge in [-0.25, -0.2) is 4.39 Å². The van der Waals surface area contributed by atoms with Crippen molar-refractivity contribution in [2.45, 2.75) is 26.3 Å². The van der Waals surface area contributed by atoms with Crippen LogP contribution in [-0.4, -0.2) is 24.1 Å². The van der Waals surface area contributed by atoms with E-state index in [4.69, 9.17) is 0 Å². The Balaban J connectivity index is 2.25. The molecule has 0 saturated carbocycles. The highest BCUT2D eigenvalue weighted by molar-refractivity contribution is 5.75. The first-order chi connectivity index (χ1) is 8.63. The van der Waals surface area contributed by atoms with Crippen LogP contribution in [0.1, 0.15) is 25.3 Å². The highest BCUT2D eigenvalue weighted by atomic mass is 19.1. The summed E-state index contributed by atoms with van der Waals surface area (Å²) in [5, 5.41) is 15.2. The minimum absolute atomic E-state index is 0.00665. The van der Waals surface area contributed by atoms with Crippen LogP contribution in [0, 0.1) is 5.82 Å². The van der Waals surface area contributed by atoms with E-state index in [0.29, 0.717) is 31.6 Å². The molecule has 3 N–H and O–H groups in total. The van der Waals surface area contributed by atoms with Crippen molar-refractivity contribution in [3.63, 3.8) is 0 Å². The fourth-order valence-corrected chi connectivity index (χ4v) is 1.47. The summed E-state index contributed by atoms with van der Waals surface area (Å²) in [6.07, 6.45) is 1.28. The van der Waals surface area contributed by atoms with Crippen LogP contribution in [0.2, 0.25) is 0 Å². The van der Waals surface area contributed by atoms with Crippen LogP contribution in [0.15, 0.2) is 18.2 Å². The lowest BCUT2D eigenvalue weighted by atomic mass is 10.2. The van der Waals surface area contributed by atoms with Crippen molar-refractivity contribution < 1.29 is 14.3 Å². The van der Waals surface area contributed by atoms with Gasteiger partial charge in [0.05, 0.1) is 0 Å². The number of aromatic hydroxyl groups is 1. The molecule has 5 heteroatoms. The summed E-state index contributed by atoms with van der Waals surface area (Å²) in [6.45, 7) is 3.50. The predicted octanol–water partition coefficient (Wildman–Crippen LogP) is 1.54. The number of halogens is 1. The molecule has 0 fully saturated rings. The van der Waals surface area contributed by atoms with Crippen molar-refractivity contribution >= 4 is 5.91 Å². The van der Waals surface area contributed by atoms with Crippen LogP contribution >= 0.6 is 0 Å². The quantitative estimate of drug-likeness (QED) is 0.647. The minimum atomic E-state index is -0.384. The summed E-state index contributed by atoms with van der Waals surface area (Å²) in [5.74, 6) is -0.336. The Bertz CT molecular complexity index is 397. The van der Waals surface area contributed by atoms with E-state index in [9.17, 15) is 14.3 Å². The van der Waals surface area contributed by atoms with Crippen molar-refractivity contribution in [1.29, 1.82) is 0 Å². The molecule has 0 bridgehead atoms. The summed E-state index contributed by atoms with van der Waals surface area (Å²) in [4.78, 5) is 11.3. The van der Waals surface area contributed by atoms with E-state index in [-0.39, 0.29) is 17.5 Å². The average molecular weight is 254 g/mol. The number of carbonyl (C=O) groups excluding carboxylic acids is 1. The van der Waals surface area contributed by atoms with E-state index in [1.807, 2.05) is 6.92 Å². The monoisotopic (exact) mass is 254 g/mol. The molecule has 0 radical (unpaired) electrons. The maximum Gasteiger partial charge on any atom is 0.221 e. The van der Waals surface area contributed by atoms with Gasteiger partial charge in [0.2, 0.25) is 5.91 Å². The highest BCUT2D eigenvalue weighted by Crippen LogP contribution is 2.17. The molecule has 1 rings (SSSR count). The zero-order chi connectivity index (χ0) is 13.4. The Labute approximate surface area is 106 Å². The number of nitrogens with one attached hydrogen (secondary N) is 2. The van der Waals surface area contributed by atoms with Gasteiger partial charge in [-0.15, -0.1) is 0 Å². The lowest BCUT2D eigenvalue weighted by Gasteiger charge is -2.07. The first kappa shape index (κ1) is 14.4. The molecule has 0 heterocycles. The van der Waals surface area contributed by atoms with Crippen LogP contribution in [0.4, 0.5) is 4.39 Å². The Kier molecular flexibility index (Phi) is 6.14. The summed E-state index contributed by atoms with van der Waals surface area (Å²) < 4.78 is 12.9. The molecule has 18 heavy (non-hydrogen) atoms. The molecule has 0 spiro atoms. The lowest BCUT2D eigenvalue weighted by molar-refractivity contribution is -0.120. The molecule has 100 valence electrons. The number of hydrogen-bond donors (Lipinski definition) is 3. The molecule has 0 saturated heterocycles. The fourth-order valence-electron chi connectivity index (χ4n) is 1.47. The van der Waals surface area contributed by atoms with E-state index in [1.165, 1.54) is 18.2 Å². The molecule has 1 aromatic rings. The molecule has 0 aliphatic heterocycles. The van der Waals surface area contributed by atoms with Crippen LogP contribution in [0.25, 0.3) is 0 Å². The maximum atomic E-state index is 12.9. The SMILES string of the molecule is CCCNC(=O)CCNCc1cc(F)ccc1O. The molecule has 0 atom stereocenters. The first-order valence-corrected chi connectivity index (χ1v) is 6.08. The van der Waals surface area contributed by atoms with Crippen molar-refractivity contribution in [1.82, 2.24) is 10.6 Å². The zero-order valence-electron chi connectivity index (χ0n) is 10.5. The van der Waals surface area contributed by atoms with E-state index >= 15 is 0 Å². The van der Waals surface area contributed by atoms with Crippen LogP contribution in [0.5, 0.6) is 5.75 Å². The third-order valence-corrected chi connectivity index (χ3v) is 2.46. The third-order valence-electron chi connectivity index (χ3n) is 2.46. The number of amides is 1. The summed E-state index contributed by atoms with van der Waals surface area (Å²) >= 11 is 0. The van der Waals surface area contributed by atoms with Crippen LogP contribution in [-0.2, 0) is 11.3 Å². The van der Waals surface area contributed by atoms with Crippen molar-refractivity contribution in [3.8, 4) is 5.75 Å². The molecular weight excluding hydrogens is 235 g/mol. The normalized spacial score (nSPS) is 10.3. The molecule has 1 aromatic carbocycles. The molecule has 0 aliphatic carbocycles. The van der Waals surface area contributed by atoms with E-state index in [2.05, 4.69) is 10.6 Å². The highest BCUT2D eigenvalue weighted by Gasteiger charge is 2.03. The number of carbonyl (C=O) groups is 1. The predicted molar refractivity (Wildman–Crippen MR) is 67.7 cm³/mol. The van der Waals surface area contributed by atoms with Crippen LogP contribution < -0.4 is 10.6 Å². The molecule has 0 aliphatic rings. The van der Waals surface area contributed by atoms with Gasteiger partial charge in [-0.3, -0.25) is 4.79 Å². The van der Waals surface area contributed by atoms with Gasteiger partial charge in [-0.2, -0.15) is 0 Å². The maximum absolute atomic E-state index is 12.9. The smallest absolute Gasteiger partial charge is 0.221 e. The summed E-state index contributed by atoms with van der Waals surface area (Å²) in [7, 11) is 0. The standard InChI is InChI=1S/C13H19FN2O2/c1-2-6-16-13(18)5-7-15-9-10-8-11(14)3-4-12(10)17/h3-4,8,15,17H,2,5-7,9H2,1H3,(H,16,18). The van der Waals surface area contributed by atoms with Gasteiger partial charge in [0, 0.05) is 31.6 Å². The largest absolute Gasteiger partial charge is 0.508 e. The second kappa shape index (κ2) is 7.66. The second-order valence-corrected chi connectivity index (χ2v) is 4.05. The van der Waals surface area contributed by atoms with Gasteiger partial charge in [0.15, 0.2) is 0 Å². The number of hydrogen-bond acceptors (Lipinski definition) is 3. The van der Waals surface area contributed by atoms with E-state index in [0.717, 1.165) is 6.42 Å². The summed E-state index contributed by atoms with van der Waals surface area (Å²) in [6, 6.07) is 3.80. The molecule has 0 unspecified atom stereocenters. The van der Waals surface area contributed by atoms with Gasteiger partial charge < -0.3 is 15.7 Å². The zero-order valence-corrected chi connectivity index (χ0v) is 10.5. The summed E-state index contributed by atoms with van der Waals surface area (Å²) in [5.41, 5.74) is 0.490. The first-order valence-electron chi connectivity index (χ1n) is 6.08.